The van der Waals surface area contributed by atoms with E-state index in [1.807, 2.05) is 0 Å². The lowest BCUT2D eigenvalue weighted by molar-refractivity contribution is 0.0894. The van der Waals surface area contributed by atoms with E-state index in [1.165, 1.54) is 24.5 Å². The molecule has 0 atom stereocenters. The van der Waals surface area contributed by atoms with E-state index in [0.29, 0.717) is 5.56 Å². The van der Waals surface area contributed by atoms with Gasteiger partial charge in [0.2, 0.25) is 5.95 Å². The number of carbonyl (C=O) groups is 2. The van der Waals surface area contributed by atoms with E-state index in [1.54, 1.807) is 48.5 Å². The Kier molecular flexibility index (Phi) is 5.37. The fraction of sp³-hybridized carbons (Fsp3) is 0.0526. The van der Waals surface area contributed by atoms with Gasteiger partial charge in [0.05, 0.1) is 16.9 Å². The second-order valence-electron chi connectivity index (χ2n) is 5.60. The molecule has 27 heavy (non-hydrogen) atoms. The quantitative estimate of drug-likeness (QED) is 0.498. The third kappa shape index (κ3) is 4.62. The number of rotatable bonds is 7. The minimum atomic E-state index is -3.82. The van der Waals surface area contributed by atoms with Gasteiger partial charge >= 0.3 is 0 Å². The lowest BCUT2D eigenvalue weighted by Gasteiger charge is -2.06. The average Bonchev–Trinajstić information content (AvgIpc) is 2.69. The lowest BCUT2D eigenvalue weighted by atomic mass is 10.0. The maximum Gasteiger partial charge on any atom is 0.264 e. The van der Waals surface area contributed by atoms with Crippen molar-refractivity contribution in [2.75, 3.05) is 4.72 Å². The largest absolute Gasteiger partial charge is 0.294 e. The molecule has 7 nitrogen and oxygen atoms in total. The van der Waals surface area contributed by atoms with Gasteiger partial charge in [-0.1, -0.05) is 48.5 Å². The van der Waals surface area contributed by atoms with Gasteiger partial charge in [-0.05, 0) is 12.1 Å². The van der Waals surface area contributed by atoms with E-state index in [2.05, 4.69) is 14.7 Å². The van der Waals surface area contributed by atoms with Crippen molar-refractivity contribution in [1.29, 1.82) is 0 Å². The number of aromatic nitrogens is 2. The van der Waals surface area contributed by atoms with E-state index in [9.17, 15) is 18.0 Å². The number of hydrogen-bond acceptors (Lipinski definition) is 6. The van der Waals surface area contributed by atoms with Gasteiger partial charge < -0.3 is 0 Å². The van der Waals surface area contributed by atoms with Gasteiger partial charge in [0.25, 0.3) is 10.0 Å². The van der Waals surface area contributed by atoms with Gasteiger partial charge in [-0.15, -0.1) is 0 Å². The van der Waals surface area contributed by atoms with E-state index < -0.39 is 15.8 Å². The number of Topliss-reactive ketones (excluding diaryl/α,β-unsaturated/α-hetero) is 2. The Morgan fingerprint density at radius 3 is 1.89 bits per heavy atom. The molecule has 2 aromatic carbocycles. The first-order valence-electron chi connectivity index (χ1n) is 7.97. The first kappa shape index (κ1) is 18.4. The van der Waals surface area contributed by atoms with Crippen LogP contribution in [0.2, 0.25) is 0 Å². The molecule has 0 bridgehead atoms. The molecular formula is C19H15N3O4S. The first-order valence-corrected chi connectivity index (χ1v) is 9.45. The summed E-state index contributed by atoms with van der Waals surface area (Å²) in [6.45, 7) is 0. The average molecular weight is 381 g/mol. The summed E-state index contributed by atoms with van der Waals surface area (Å²) in [7, 11) is -3.82. The second kappa shape index (κ2) is 7.88. The summed E-state index contributed by atoms with van der Waals surface area (Å²) in [6.07, 6.45) is 2.06. The molecule has 0 fully saturated rings. The van der Waals surface area contributed by atoms with Crippen LogP contribution in [-0.4, -0.2) is 30.0 Å². The van der Waals surface area contributed by atoms with Gasteiger partial charge in [-0.2, -0.15) is 0 Å². The standard InChI is InChI=1S/C19H15N3O4S/c23-17(14-7-3-1-4-8-14)11-18(24)15-12-20-19(21-13-15)22-27(25,26)16-9-5-2-6-10-16/h1-10,12-13H,11H2,(H,20,21,22). The van der Waals surface area contributed by atoms with Gasteiger partial charge in [0.1, 0.15) is 0 Å². The lowest BCUT2D eigenvalue weighted by Crippen LogP contribution is -2.15. The molecule has 0 aliphatic rings. The molecule has 1 aromatic heterocycles. The summed E-state index contributed by atoms with van der Waals surface area (Å²) in [4.78, 5) is 32.1. The van der Waals surface area contributed by atoms with E-state index in [4.69, 9.17) is 0 Å². The molecule has 0 spiro atoms. The highest BCUT2D eigenvalue weighted by molar-refractivity contribution is 7.92. The first-order chi connectivity index (χ1) is 13.0. The Bertz CT molecular complexity index is 1050. The van der Waals surface area contributed by atoms with Gasteiger partial charge in [-0.3, -0.25) is 9.59 Å². The van der Waals surface area contributed by atoms with Gasteiger partial charge in [-0.25, -0.2) is 23.1 Å². The van der Waals surface area contributed by atoms with Crippen LogP contribution < -0.4 is 4.72 Å². The van der Waals surface area contributed by atoms with Crippen molar-refractivity contribution < 1.29 is 18.0 Å². The molecule has 0 radical (unpaired) electrons. The molecule has 0 aliphatic carbocycles. The van der Waals surface area contributed by atoms with Crippen molar-refractivity contribution in [3.05, 3.63) is 84.2 Å². The molecule has 0 unspecified atom stereocenters. The van der Waals surface area contributed by atoms with Crippen LogP contribution in [0.3, 0.4) is 0 Å². The molecule has 136 valence electrons. The number of benzene rings is 2. The zero-order chi connectivity index (χ0) is 19.3. The molecule has 0 aliphatic heterocycles. The monoisotopic (exact) mass is 381 g/mol. The second-order valence-corrected chi connectivity index (χ2v) is 7.29. The highest BCUT2D eigenvalue weighted by atomic mass is 32.2. The minimum absolute atomic E-state index is 0.0715. The number of nitrogens with one attached hydrogen (secondary N) is 1. The zero-order valence-corrected chi connectivity index (χ0v) is 14.9. The number of carbonyl (C=O) groups excluding carboxylic acids is 2. The number of nitrogens with zero attached hydrogens (tertiary/aromatic N) is 2. The van der Waals surface area contributed by atoms with Crippen molar-refractivity contribution in [2.45, 2.75) is 11.3 Å². The summed E-state index contributed by atoms with van der Waals surface area (Å²) < 4.78 is 26.7. The highest BCUT2D eigenvalue weighted by Gasteiger charge is 2.17. The summed E-state index contributed by atoms with van der Waals surface area (Å²) in [5.74, 6) is -0.916. The fourth-order valence-corrected chi connectivity index (χ4v) is 3.26. The van der Waals surface area contributed by atoms with Crippen LogP contribution in [0.5, 0.6) is 0 Å². The molecule has 0 amide bonds. The number of sulfonamides is 1. The Balaban J connectivity index is 1.68. The molecule has 3 rings (SSSR count). The van der Waals surface area contributed by atoms with Crippen LogP contribution in [0.25, 0.3) is 0 Å². The third-order valence-electron chi connectivity index (χ3n) is 3.67. The van der Waals surface area contributed by atoms with Gasteiger partial charge in [0, 0.05) is 18.0 Å². The van der Waals surface area contributed by atoms with E-state index in [-0.39, 0.29) is 28.6 Å². The van der Waals surface area contributed by atoms with Crippen LogP contribution in [0, 0.1) is 0 Å². The Morgan fingerprint density at radius 2 is 1.30 bits per heavy atom. The molecule has 1 heterocycles. The van der Waals surface area contributed by atoms with Crippen LogP contribution in [0.4, 0.5) is 5.95 Å². The van der Waals surface area contributed by atoms with Crippen LogP contribution in [0.1, 0.15) is 27.1 Å². The summed E-state index contributed by atoms with van der Waals surface area (Å²) in [6, 6.07) is 16.3. The Morgan fingerprint density at radius 1 is 0.778 bits per heavy atom. The molecule has 1 N–H and O–H groups in total. The topological polar surface area (TPSA) is 106 Å². The van der Waals surface area contributed by atoms with Crippen molar-refractivity contribution in [3.63, 3.8) is 0 Å². The van der Waals surface area contributed by atoms with Crippen molar-refractivity contribution >= 4 is 27.5 Å². The van der Waals surface area contributed by atoms with Gasteiger partial charge in [0.15, 0.2) is 11.6 Å². The predicted octanol–water partition coefficient (Wildman–Crippen LogP) is 2.73. The van der Waals surface area contributed by atoms with Crippen LogP contribution in [-0.2, 0) is 10.0 Å². The number of hydrogen-bond donors (Lipinski definition) is 1. The van der Waals surface area contributed by atoms with Crippen LogP contribution in [0.15, 0.2) is 78.0 Å². The van der Waals surface area contributed by atoms with E-state index in [0.717, 1.165) is 0 Å². The third-order valence-corrected chi connectivity index (χ3v) is 5.01. The molecule has 0 saturated carbocycles. The molecule has 0 saturated heterocycles. The normalized spacial score (nSPS) is 11.0. The minimum Gasteiger partial charge on any atom is -0.294 e. The maximum absolute atomic E-state index is 12.2. The molecule has 8 heteroatoms. The van der Waals surface area contributed by atoms with Crippen molar-refractivity contribution in [2.24, 2.45) is 0 Å². The van der Waals surface area contributed by atoms with E-state index >= 15 is 0 Å². The fourth-order valence-electron chi connectivity index (χ4n) is 2.28. The smallest absolute Gasteiger partial charge is 0.264 e. The Hall–Kier alpha value is -3.39. The maximum atomic E-state index is 12.2. The van der Waals surface area contributed by atoms with Crippen molar-refractivity contribution in [1.82, 2.24) is 9.97 Å². The van der Waals surface area contributed by atoms with Crippen LogP contribution >= 0.6 is 0 Å². The molecular weight excluding hydrogens is 366 g/mol. The SMILES string of the molecule is O=C(CC(=O)c1cnc(NS(=O)(=O)c2ccccc2)nc1)c1ccccc1. The zero-order valence-electron chi connectivity index (χ0n) is 14.1. The highest BCUT2D eigenvalue weighted by Crippen LogP contribution is 2.13. The summed E-state index contributed by atoms with van der Waals surface area (Å²) >= 11 is 0. The van der Waals surface area contributed by atoms with Crippen molar-refractivity contribution in [3.8, 4) is 0 Å². The summed E-state index contributed by atoms with van der Waals surface area (Å²) in [5.41, 5.74) is 0.570. The number of ketones is 2. The predicted molar refractivity (Wildman–Crippen MR) is 99.0 cm³/mol. The summed E-state index contributed by atoms with van der Waals surface area (Å²) in [5, 5.41) is 0. The molecule has 3 aromatic rings. The Labute approximate surface area is 156 Å². The number of anilines is 1.